The zero-order valence-electron chi connectivity index (χ0n) is 11.1. The first-order valence-corrected chi connectivity index (χ1v) is 5.99. The summed E-state index contributed by atoms with van der Waals surface area (Å²) in [5.74, 6) is -0.673. The van der Waals surface area contributed by atoms with E-state index in [2.05, 4.69) is 5.10 Å². The van der Waals surface area contributed by atoms with Gasteiger partial charge in [0, 0.05) is 12.1 Å². The first-order valence-electron chi connectivity index (χ1n) is 5.99. The van der Waals surface area contributed by atoms with Gasteiger partial charge in [-0.1, -0.05) is 0 Å². The molecule has 100 valence electrons. The third kappa shape index (κ3) is 2.50. The number of ketones is 1. The zero-order chi connectivity index (χ0) is 14.0. The molecule has 0 aliphatic carbocycles. The van der Waals surface area contributed by atoms with E-state index in [1.54, 1.807) is 16.8 Å². The molecule has 0 bridgehead atoms. The van der Waals surface area contributed by atoms with Gasteiger partial charge in [0.05, 0.1) is 12.8 Å². The number of nitrogens with zero attached hydrogens (tertiary/aromatic N) is 2. The second-order valence-electron chi connectivity index (χ2n) is 4.17. The number of carbonyl (C=O) groups is 1. The van der Waals surface area contributed by atoms with E-state index in [-0.39, 0.29) is 17.1 Å². The predicted octanol–water partition coefficient (Wildman–Crippen LogP) is 2.59. The molecule has 2 rings (SSSR count). The number of ether oxygens (including phenoxy) is 1. The van der Waals surface area contributed by atoms with Crippen molar-refractivity contribution in [2.75, 3.05) is 7.11 Å². The van der Waals surface area contributed by atoms with E-state index >= 15 is 0 Å². The average Bonchev–Trinajstić information content (AvgIpc) is 2.79. The van der Waals surface area contributed by atoms with Crippen molar-refractivity contribution in [3.63, 3.8) is 0 Å². The molecule has 0 atom stereocenters. The van der Waals surface area contributed by atoms with Crippen molar-refractivity contribution in [3.8, 4) is 5.75 Å². The van der Waals surface area contributed by atoms with Crippen LogP contribution in [0.4, 0.5) is 4.39 Å². The molecule has 0 N–H and O–H groups in total. The van der Waals surface area contributed by atoms with E-state index in [9.17, 15) is 9.18 Å². The molecule has 4 nitrogen and oxygen atoms in total. The summed E-state index contributed by atoms with van der Waals surface area (Å²) in [6, 6.07) is 5.88. The molecule has 0 saturated carbocycles. The summed E-state index contributed by atoms with van der Waals surface area (Å²) in [6.45, 7) is 4.31. The number of methoxy groups -OCH3 is 1. The summed E-state index contributed by atoms with van der Waals surface area (Å²) in [5.41, 5.74) is 1.51. The van der Waals surface area contributed by atoms with Crippen molar-refractivity contribution >= 4 is 5.78 Å². The van der Waals surface area contributed by atoms with Crippen molar-refractivity contribution in [2.24, 2.45) is 0 Å². The lowest BCUT2D eigenvalue weighted by atomic mass is 10.1. The van der Waals surface area contributed by atoms with Crippen LogP contribution >= 0.6 is 0 Å². The second-order valence-corrected chi connectivity index (χ2v) is 4.17. The zero-order valence-corrected chi connectivity index (χ0v) is 11.1. The summed E-state index contributed by atoms with van der Waals surface area (Å²) in [7, 11) is 1.38. The smallest absolute Gasteiger partial charge is 0.211 e. The Morgan fingerprint density at radius 2 is 2.16 bits per heavy atom. The first-order chi connectivity index (χ1) is 9.06. The van der Waals surface area contributed by atoms with E-state index in [0.29, 0.717) is 12.2 Å². The molecule has 1 aromatic carbocycles. The van der Waals surface area contributed by atoms with Gasteiger partial charge in [0.15, 0.2) is 11.6 Å². The van der Waals surface area contributed by atoms with Crippen molar-refractivity contribution < 1.29 is 13.9 Å². The van der Waals surface area contributed by atoms with E-state index in [4.69, 9.17) is 4.74 Å². The molecule has 0 amide bonds. The summed E-state index contributed by atoms with van der Waals surface area (Å²) in [4.78, 5) is 12.3. The third-order valence-electron chi connectivity index (χ3n) is 2.85. The van der Waals surface area contributed by atoms with Crippen LogP contribution in [0.15, 0.2) is 24.3 Å². The summed E-state index contributed by atoms with van der Waals surface area (Å²) < 4.78 is 20.1. The van der Waals surface area contributed by atoms with Gasteiger partial charge >= 0.3 is 0 Å². The van der Waals surface area contributed by atoms with E-state index in [1.165, 1.54) is 19.2 Å². The van der Waals surface area contributed by atoms with Crippen molar-refractivity contribution in [1.29, 1.82) is 0 Å². The number of hydrogen-bond donors (Lipinski definition) is 0. The minimum atomic E-state index is -0.548. The van der Waals surface area contributed by atoms with Crippen LogP contribution in [0, 0.1) is 12.7 Å². The van der Waals surface area contributed by atoms with Gasteiger partial charge in [0.1, 0.15) is 5.69 Å². The summed E-state index contributed by atoms with van der Waals surface area (Å²) in [5, 5.41) is 4.21. The van der Waals surface area contributed by atoms with Gasteiger partial charge in [-0.05, 0) is 38.1 Å². The number of aromatic nitrogens is 2. The maximum atomic E-state index is 13.6. The Balaban J connectivity index is 2.41. The maximum absolute atomic E-state index is 13.6. The van der Waals surface area contributed by atoms with Gasteiger partial charge in [-0.25, -0.2) is 4.39 Å². The Morgan fingerprint density at radius 1 is 1.42 bits per heavy atom. The average molecular weight is 262 g/mol. The largest absolute Gasteiger partial charge is 0.494 e. The number of carbonyl (C=O) groups excluding carboxylic acids is 1. The monoisotopic (exact) mass is 262 g/mol. The first kappa shape index (κ1) is 13.3. The van der Waals surface area contributed by atoms with E-state index in [1.807, 2.05) is 13.8 Å². The standard InChI is InChI=1S/C14H15FN2O2/c1-4-17-12(7-9(2)16-17)14(18)10-5-6-13(19-3)11(15)8-10/h5-8H,4H2,1-3H3. The molecule has 0 aliphatic heterocycles. The summed E-state index contributed by atoms with van der Waals surface area (Å²) >= 11 is 0. The van der Waals surface area contributed by atoms with Crippen LogP contribution in [0.3, 0.4) is 0 Å². The molecule has 1 aromatic heterocycles. The summed E-state index contributed by atoms with van der Waals surface area (Å²) in [6.07, 6.45) is 0. The Kier molecular flexibility index (Phi) is 3.64. The molecule has 0 aliphatic rings. The highest BCUT2D eigenvalue weighted by Gasteiger charge is 2.17. The fourth-order valence-electron chi connectivity index (χ4n) is 1.92. The van der Waals surface area contributed by atoms with Gasteiger partial charge in [0.2, 0.25) is 5.78 Å². The van der Waals surface area contributed by atoms with Crippen molar-refractivity contribution in [2.45, 2.75) is 20.4 Å². The molecule has 1 heterocycles. The molecule has 5 heteroatoms. The molecular formula is C14H15FN2O2. The molecule has 0 saturated heterocycles. The SMILES string of the molecule is CCn1nc(C)cc1C(=O)c1ccc(OC)c(F)c1. The van der Waals surface area contributed by atoms with Gasteiger partial charge in [0.25, 0.3) is 0 Å². The van der Waals surface area contributed by atoms with Crippen molar-refractivity contribution in [1.82, 2.24) is 9.78 Å². The maximum Gasteiger partial charge on any atom is 0.211 e. The Labute approximate surface area is 110 Å². The van der Waals surface area contributed by atoms with E-state index in [0.717, 1.165) is 5.69 Å². The third-order valence-corrected chi connectivity index (χ3v) is 2.85. The Morgan fingerprint density at radius 3 is 2.74 bits per heavy atom. The number of benzene rings is 1. The van der Waals surface area contributed by atoms with Crippen LogP contribution in [-0.2, 0) is 6.54 Å². The van der Waals surface area contributed by atoms with Gasteiger partial charge in [-0.15, -0.1) is 0 Å². The Hall–Kier alpha value is -2.17. The van der Waals surface area contributed by atoms with Gasteiger partial charge in [-0.3, -0.25) is 9.48 Å². The second kappa shape index (κ2) is 5.22. The fourth-order valence-corrected chi connectivity index (χ4v) is 1.92. The molecule has 19 heavy (non-hydrogen) atoms. The van der Waals surface area contributed by atoms with Crippen LogP contribution < -0.4 is 4.74 Å². The van der Waals surface area contributed by atoms with Crippen LogP contribution in [0.1, 0.15) is 28.7 Å². The molecule has 0 unspecified atom stereocenters. The fraction of sp³-hybridized carbons (Fsp3) is 0.286. The van der Waals surface area contributed by atoms with E-state index < -0.39 is 5.82 Å². The number of halogens is 1. The predicted molar refractivity (Wildman–Crippen MR) is 69.0 cm³/mol. The van der Waals surface area contributed by atoms with Crippen LogP contribution in [0.5, 0.6) is 5.75 Å². The lowest BCUT2D eigenvalue weighted by Gasteiger charge is -2.06. The lowest BCUT2D eigenvalue weighted by molar-refractivity contribution is 0.102. The highest BCUT2D eigenvalue weighted by molar-refractivity contribution is 6.08. The molecule has 0 spiro atoms. The quantitative estimate of drug-likeness (QED) is 0.795. The Bertz CT molecular complexity index is 620. The van der Waals surface area contributed by atoms with Crippen LogP contribution in [-0.4, -0.2) is 22.7 Å². The number of hydrogen-bond acceptors (Lipinski definition) is 3. The number of rotatable bonds is 4. The normalized spacial score (nSPS) is 10.5. The lowest BCUT2D eigenvalue weighted by Crippen LogP contribution is -2.10. The molecule has 0 fully saturated rings. The molecule has 2 aromatic rings. The number of aryl methyl sites for hydroxylation is 2. The topological polar surface area (TPSA) is 44.1 Å². The van der Waals surface area contributed by atoms with Crippen molar-refractivity contribution in [3.05, 3.63) is 47.0 Å². The minimum absolute atomic E-state index is 0.122. The van der Waals surface area contributed by atoms with Gasteiger partial charge in [-0.2, -0.15) is 5.10 Å². The molecule has 0 radical (unpaired) electrons. The highest BCUT2D eigenvalue weighted by atomic mass is 19.1. The van der Waals surface area contributed by atoms with Crippen LogP contribution in [0.2, 0.25) is 0 Å². The highest BCUT2D eigenvalue weighted by Crippen LogP contribution is 2.20. The molecular weight excluding hydrogens is 247 g/mol. The van der Waals surface area contributed by atoms with Gasteiger partial charge < -0.3 is 4.74 Å². The minimum Gasteiger partial charge on any atom is -0.494 e. The van der Waals surface area contributed by atoms with Crippen LogP contribution in [0.25, 0.3) is 0 Å².